The molecule has 0 unspecified atom stereocenters. The van der Waals surface area contributed by atoms with E-state index in [0.717, 1.165) is 33.9 Å². The summed E-state index contributed by atoms with van der Waals surface area (Å²) in [6, 6.07) is 16.8. The summed E-state index contributed by atoms with van der Waals surface area (Å²) in [5.41, 5.74) is -0.475. The van der Waals surface area contributed by atoms with Gasteiger partial charge in [-0.2, -0.15) is 0 Å². The summed E-state index contributed by atoms with van der Waals surface area (Å²) in [4.78, 5) is 23.0. The number of carbonyl (C=O) groups is 1. The SMILES string of the molecule is O=C(CSc1ccc2ccccc2c1)Nc1cc([N+](=O)[O-])ccc1F. The molecule has 0 atom stereocenters. The van der Waals surface area contributed by atoms with Gasteiger partial charge < -0.3 is 5.32 Å². The van der Waals surface area contributed by atoms with E-state index < -0.39 is 16.6 Å². The van der Waals surface area contributed by atoms with E-state index in [9.17, 15) is 19.3 Å². The van der Waals surface area contributed by atoms with Crippen molar-refractivity contribution in [1.82, 2.24) is 0 Å². The second kappa shape index (κ2) is 7.31. The van der Waals surface area contributed by atoms with Gasteiger partial charge in [0.15, 0.2) is 0 Å². The van der Waals surface area contributed by atoms with E-state index in [1.807, 2.05) is 42.5 Å². The van der Waals surface area contributed by atoms with Crippen molar-refractivity contribution in [3.05, 3.63) is 76.6 Å². The van der Waals surface area contributed by atoms with Crippen LogP contribution in [0.5, 0.6) is 0 Å². The van der Waals surface area contributed by atoms with Crippen LogP contribution in [0.1, 0.15) is 0 Å². The number of nitro benzene ring substituents is 1. The minimum absolute atomic E-state index is 0.0699. The lowest BCUT2D eigenvalue weighted by atomic mass is 10.1. The van der Waals surface area contributed by atoms with E-state index in [4.69, 9.17) is 0 Å². The van der Waals surface area contributed by atoms with Crippen molar-refractivity contribution >= 4 is 39.8 Å². The molecule has 25 heavy (non-hydrogen) atoms. The molecule has 0 aliphatic rings. The number of anilines is 1. The van der Waals surface area contributed by atoms with E-state index in [1.54, 1.807) is 0 Å². The lowest BCUT2D eigenvalue weighted by molar-refractivity contribution is -0.384. The molecule has 0 saturated heterocycles. The summed E-state index contributed by atoms with van der Waals surface area (Å²) >= 11 is 1.31. The summed E-state index contributed by atoms with van der Waals surface area (Å²) < 4.78 is 13.7. The number of hydrogen-bond acceptors (Lipinski definition) is 4. The molecule has 5 nitrogen and oxygen atoms in total. The highest BCUT2D eigenvalue weighted by atomic mass is 32.2. The van der Waals surface area contributed by atoms with E-state index in [-0.39, 0.29) is 17.1 Å². The highest BCUT2D eigenvalue weighted by Gasteiger charge is 2.13. The maximum absolute atomic E-state index is 13.7. The summed E-state index contributed by atoms with van der Waals surface area (Å²) in [5, 5.41) is 15.3. The Balaban J connectivity index is 1.66. The van der Waals surface area contributed by atoms with Gasteiger partial charge in [-0.15, -0.1) is 11.8 Å². The number of nitrogens with one attached hydrogen (secondary N) is 1. The Morgan fingerprint density at radius 2 is 1.84 bits per heavy atom. The third kappa shape index (κ3) is 4.13. The highest BCUT2D eigenvalue weighted by Crippen LogP contribution is 2.25. The van der Waals surface area contributed by atoms with Crippen LogP contribution in [0.4, 0.5) is 15.8 Å². The maximum atomic E-state index is 13.7. The van der Waals surface area contributed by atoms with Crippen LogP contribution in [0.25, 0.3) is 10.8 Å². The minimum atomic E-state index is -0.713. The first-order valence-electron chi connectivity index (χ1n) is 7.38. The summed E-state index contributed by atoms with van der Waals surface area (Å²) in [6.07, 6.45) is 0. The van der Waals surface area contributed by atoms with Crippen molar-refractivity contribution < 1.29 is 14.1 Å². The molecule has 3 aromatic rings. The molecule has 126 valence electrons. The Morgan fingerprint density at radius 1 is 1.08 bits per heavy atom. The van der Waals surface area contributed by atoms with Crippen LogP contribution in [-0.4, -0.2) is 16.6 Å². The number of carbonyl (C=O) groups excluding carboxylic acids is 1. The minimum Gasteiger partial charge on any atom is -0.323 e. The van der Waals surface area contributed by atoms with Gasteiger partial charge >= 0.3 is 0 Å². The van der Waals surface area contributed by atoms with Crippen molar-refractivity contribution in [3.8, 4) is 0 Å². The molecule has 0 aromatic heterocycles. The molecule has 0 radical (unpaired) electrons. The molecule has 0 aliphatic carbocycles. The fourth-order valence-corrected chi connectivity index (χ4v) is 3.06. The lowest BCUT2D eigenvalue weighted by Crippen LogP contribution is -2.15. The lowest BCUT2D eigenvalue weighted by Gasteiger charge is -2.07. The van der Waals surface area contributed by atoms with Crippen LogP contribution in [0.2, 0.25) is 0 Å². The summed E-state index contributed by atoms with van der Waals surface area (Å²) in [7, 11) is 0. The van der Waals surface area contributed by atoms with Gasteiger partial charge in [0.2, 0.25) is 5.91 Å². The number of thioether (sulfide) groups is 1. The zero-order chi connectivity index (χ0) is 17.8. The number of non-ortho nitro benzene ring substituents is 1. The second-order valence-corrected chi connectivity index (χ2v) is 6.32. The van der Waals surface area contributed by atoms with Crippen LogP contribution in [0.15, 0.2) is 65.6 Å². The summed E-state index contributed by atoms with van der Waals surface area (Å²) in [6.45, 7) is 0. The highest BCUT2D eigenvalue weighted by molar-refractivity contribution is 8.00. The number of halogens is 1. The summed E-state index contributed by atoms with van der Waals surface area (Å²) in [5.74, 6) is -1.08. The van der Waals surface area contributed by atoms with Crippen LogP contribution in [0.3, 0.4) is 0 Å². The second-order valence-electron chi connectivity index (χ2n) is 5.27. The molecule has 1 N–H and O–H groups in total. The van der Waals surface area contributed by atoms with Crippen molar-refractivity contribution in [2.75, 3.05) is 11.1 Å². The largest absolute Gasteiger partial charge is 0.323 e. The normalized spacial score (nSPS) is 10.6. The zero-order valence-corrected chi connectivity index (χ0v) is 13.8. The molecule has 0 bridgehead atoms. The monoisotopic (exact) mass is 356 g/mol. The number of fused-ring (bicyclic) bond motifs is 1. The van der Waals surface area contributed by atoms with Crippen LogP contribution in [0, 0.1) is 15.9 Å². The molecular formula is C18H13FN2O3S. The molecule has 0 heterocycles. The van der Waals surface area contributed by atoms with E-state index >= 15 is 0 Å². The first-order chi connectivity index (χ1) is 12.0. The number of nitrogens with zero attached hydrogens (tertiary/aromatic N) is 1. The number of nitro groups is 1. The number of benzene rings is 3. The molecule has 7 heteroatoms. The van der Waals surface area contributed by atoms with Crippen molar-refractivity contribution in [2.24, 2.45) is 0 Å². The molecule has 0 fully saturated rings. The quantitative estimate of drug-likeness (QED) is 0.411. The average molecular weight is 356 g/mol. The molecule has 1 amide bonds. The topological polar surface area (TPSA) is 72.2 Å². The van der Waals surface area contributed by atoms with Crippen LogP contribution in [-0.2, 0) is 4.79 Å². The molecule has 0 aliphatic heterocycles. The average Bonchev–Trinajstić information content (AvgIpc) is 2.61. The standard InChI is InChI=1S/C18H13FN2O3S/c19-16-8-6-14(21(23)24)10-17(16)20-18(22)11-25-15-7-5-12-3-1-2-4-13(12)9-15/h1-10H,11H2,(H,20,22). The van der Waals surface area contributed by atoms with Crippen molar-refractivity contribution in [2.45, 2.75) is 4.90 Å². The first-order valence-corrected chi connectivity index (χ1v) is 8.37. The van der Waals surface area contributed by atoms with E-state index in [1.165, 1.54) is 11.8 Å². The zero-order valence-electron chi connectivity index (χ0n) is 12.9. The smallest absolute Gasteiger partial charge is 0.271 e. The first kappa shape index (κ1) is 16.9. The number of hydrogen-bond donors (Lipinski definition) is 1. The van der Waals surface area contributed by atoms with E-state index in [2.05, 4.69) is 5.32 Å². The molecule has 0 saturated carbocycles. The Labute approximate surface area is 147 Å². The third-order valence-electron chi connectivity index (χ3n) is 3.53. The van der Waals surface area contributed by atoms with Crippen LogP contribution >= 0.6 is 11.8 Å². The van der Waals surface area contributed by atoms with Crippen LogP contribution < -0.4 is 5.32 Å². The third-order valence-corrected chi connectivity index (χ3v) is 4.52. The predicted molar refractivity (Wildman–Crippen MR) is 96.4 cm³/mol. The van der Waals surface area contributed by atoms with Crippen molar-refractivity contribution in [1.29, 1.82) is 0 Å². The van der Waals surface area contributed by atoms with Crippen molar-refractivity contribution in [3.63, 3.8) is 0 Å². The van der Waals surface area contributed by atoms with Gasteiger partial charge in [0.1, 0.15) is 5.82 Å². The van der Waals surface area contributed by atoms with Gasteiger partial charge in [0.25, 0.3) is 5.69 Å². The molecule has 3 aromatic carbocycles. The van der Waals surface area contributed by atoms with Gasteiger partial charge in [-0.3, -0.25) is 14.9 Å². The molecule has 0 spiro atoms. The molecule has 3 rings (SSSR count). The Hall–Kier alpha value is -2.93. The predicted octanol–water partition coefficient (Wildman–Crippen LogP) is 4.62. The Kier molecular flexibility index (Phi) is 4.95. The number of amides is 1. The fourth-order valence-electron chi connectivity index (χ4n) is 2.31. The van der Waals surface area contributed by atoms with Gasteiger partial charge in [-0.1, -0.05) is 30.3 Å². The Morgan fingerprint density at radius 3 is 2.60 bits per heavy atom. The Bertz CT molecular complexity index is 962. The van der Waals surface area contributed by atoms with Gasteiger partial charge in [-0.25, -0.2) is 4.39 Å². The van der Waals surface area contributed by atoms with Gasteiger partial charge in [-0.05, 0) is 29.0 Å². The molecular weight excluding hydrogens is 343 g/mol. The number of rotatable bonds is 5. The van der Waals surface area contributed by atoms with E-state index in [0.29, 0.717) is 0 Å². The van der Waals surface area contributed by atoms with Gasteiger partial charge in [0.05, 0.1) is 16.4 Å². The van der Waals surface area contributed by atoms with Gasteiger partial charge in [0, 0.05) is 17.0 Å². The maximum Gasteiger partial charge on any atom is 0.271 e. The fraction of sp³-hybridized carbons (Fsp3) is 0.0556.